The van der Waals surface area contributed by atoms with E-state index < -0.39 is 0 Å². The van der Waals surface area contributed by atoms with Crippen LogP contribution in [0.5, 0.6) is 0 Å². The molecule has 0 unspecified atom stereocenters. The van der Waals surface area contributed by atoms with Crippen LogP contribution in [-0.4, -0.2) is 108 Å². The van der Waals surface area contributed by atoms with E-state index in [2.05, 4.69) is 98.2 Å². The maximum Gasteiger partial charge on any atom is 3.00 e. The zero-order valence-electron chi connectivity index (χ0n) is 45.6. The molecule has 0 aromatic rings. The monoisotopic (exact) mass is 1030 g/mol. The third-order valence-corrected chi connectivity index (χ3v) is 11.6. The van der Waals surface area contributed by atoms with Gasteiger partial charge in [-0.05, 0) is 88.6 Å². The molecule has 0 spiro atoms. The fourth-order valence-electron chi connectivity index (χ4n) is 6.81. The number of hydrogen-bond donors (Lipinski definition) is 6. The molecule has 1 heterocycles. The molecule has 4 aliphatic rings. The molecule has 385 valence electrons. The summed E-state index contributed by atoms with van der Waals surface area (Å²) in [5, 5.41) is 26.4. The van der Waals surface area contributed by atoms with Crippen LogP contribution in [-0.2, 0) is 48.5 Å². The summed E-state index contributed by atoms with van der Waals surface area (Å²) in [4.78, 5) is 44.1. The van der Waals surface area contributed by atoms with E-state index >= 15 is 0 Å². The van der Waals surface area contributed by atoms with Crippen LogP contribution in [0.1, 0.15) is 125 Å². The van der Waals surface area contributed by atoms with Crippen molar-refractivity contribution >= 4 is 17.3 Å². The molecule has 1 fully saturated rings. The van der Waals surface area contributed by atoms with Crippen LogP contribution in [0.2, 0.25) is 0 Å². The molecular formula is C54H90Fe2N6O6+3. The molecule has 1 aliphatic heterocycles. The van der Waals surface area contributed by atoms with E-state index in [1.807, 2.05) is 115 Å². The van der Waals surface area contributed by atoms with Crippen molar-refractivity contribution in [3.05, 3.63) is 105 Å². The summed E-state index contributed by atoms with van der Waals surface area (Å²) in [6.45, 7) is 44.3. The molecule has 0 amide bonds. The first-order valence-corrected chi connectivity index (χ1v) is 23.2. The van der Waals surface area contributed by atoms with Gasteiger partial charge >= 0.3 is 17.1 Å². The van der Waals surface area contributed by atoms with Crippen molar-refractivity contribution in [3.63, 3.8) is 0 Å². The van der Waals surface area contributed by atoms with Gasteiger partial charge in [0.25, 0.3) is 0 Å². The normalized spacial score (nSPS) is 20.3. The van der Waals surface area contributed by atoms with Crippen LogP contribution >= 0.6 is 0 Å². The molecule has 0 atom stereocenters. The fourth-order valence-corrected chi connectivity index (χ4v) is 6.81. The van der Waals surface area contributed by atoms with Gasteiger partial charge in [0.1, 0.15) is 0 Å². The second-order valence-corrected chi connectivity index (χ2v) is 24.1. The smallest absolute Gasteiger partial charge is 0.304 e. The molecule has 0 aromatic heterocycles. The average molecular weight is 1030 g/mol. The topological polar surface area (TPSA) is 158 Å². The van der Waals surface area contributed by atoms with Crippen molar-refractivity contribution in [3.8, 4) is 0 Å². The van der Waals surface area contributed by atoms with E-state index in [9.17, 15) is 14.4 Å². The zero-order chi connectivity index (χ0) is 51.4. The Bertz CT molecular complexity index is 1770. The summed E-state index contributed by atoms with van der Waals surface area (Å²) < 4.78 is 0. The van der Waals surface area contributed by atoms with Gasteiger partial charge in [-0.1, -0.05) is 143 Å². The first-order chi connectivity index (χ1) is 29.9. The molecule has 68 heavy (non-hydrogen) atoms. The van der Waals surface area contributed by atoms with Gasteiger partial charge in [-0.3, -0.25) is 46.4 Å². The average Bonchev–Trinajstić information content (AvgIpc) is 3.22. The minimum Gasteiger partial charge on any atom is -0.304 e. The summed E-state index contributed by atoms with van der Waals surface area (Å²) in [5.74, 6) is -0.0915. The van der Waals surface area contributed by atoms with Gasteiger partial charge in [-0.2, -0.15) is 0 Å². The number of hydrogen-bond acceptors (Lipinski definition) is 12. The van der Waals surface area contributed by atoms with E-state index in [-0.39, 0.29) is 84.0 Å². The summed E-state index contributed by atoms with van der Waals surface area (Å²) in [7, 11) is 6.60. The number of allylic oxidation sites excluding steroid dienone is 15. The third kappa shape index (κ3) is 21.9. The van der Waals surface area contributed by atoms with E-state index in [1.54, 1.807) is 0 Å². The Balaban J connectivity index is 0. The van der Waals surface area contributed by atoms with Crippen molar-refractivity contribution in [2.75, 3.05) is 60.4 Å². The van der Waals surface area contributed by atoms with E-state index in [0.29, 0.717) is 16.7 Å². The second kappa shape index (κ2) is 27.5. The Kier molecular flexibility index (Phi) is 27.0. The summed E-state index contributed by atoms with van der Waals surface area (Å²) >= 11 is 0. The molecule has 12 nitrogen and oxygen atoms in total. The van der Waals surface area contributed by atoms with Crippen LogP contribution in [0, 0.1) is 32.5 Å². The molecule has 6 N–H and O–H groups in total. The first kappa shape index (κ1) is 66.9. The maximum atomic E-state index is 12.3. The van der Waals surface area contributed by atoms with E-state index in [0.717, 1.165) is 33.4 Å². The Hall–Kier alpha value is -3.13. The van der Waals surface area contributed by atoms with Crippen molar-refractivity contribution in [1.82, 2.24) is 31.1 Å². The maximum absolute atomic E-state index is 12.3. The van der Waals surface area contributed by atoms with Gasteiger partial charge in [-0.15, -0.1) is 0 Å². The number of hydroxylamine groups is 3. The van der Waals surface area contributed by atoms with Crippen LogP contribution < -0.4 is 16.4 Å². The molecule has 0 bridgehead atoms. The predicted octanol–water partition coefficient (Wildman–Crippen LogP) is 9.92. The first-order valence-electron chi connectivity index (χ1n) is 23.2. The number of ketones is 3. The summed E-state index contributed by atoms with van der Waals surface area (Å²) in [6.07, 6.45) is 15.5. The van der Waals surface area contributed by atoms with Gasteiger partial charge in [0.05, 0.1) is 0 Å². The minimum atomic E-state index is -0.212. The van der Waals surface area contributed by atoms with Crippen molar-refractivity contribution < 1.29 is 64.1 Å². The van der Waals surface area contributed by atoms with Gasteiger partial charge in [0.15, 0.2) is 17.3 Å². The number of likely N-dealkylation sites (N-methyl/N-ethyl adjacent to an activating group) is 3. The number of rotatable bonds is 3. The van der Waals surface area contributed by atoms with Crippen LogP contribution in [0.25, 0.3) is 0 Å². The Morgan fingerprint density at radius 1 is 0.382 bits per heavy atom. The zero-order valence-corrected chi connectivity index (χ0v) is 47.8. The number of nitrogens with zero attached hydrogens (tertiary/aromatic N) is 3. The molecule has 3 aliphatic carbocycles. The summed E-state index contributed by atoms with van der Waals surface area (Å²) in [5.41, 5.74) is 12.2. The van der Waals surface area contributed by atoms with Crippen LogP contribution in [0.15, 0.2) is 105 Å². The van der Waals surface area contributed by atoms with Gasteiger partial charge in [0.2, 0.25) is 0 Å². The second-order valence-electron chi connectivity index (χ2n) is 24.1. The quantitative estimate of drug-likeness (QED) is 0.0905. The molecule has 14 heteroatoms. The Morgan fingerprint density at radius 2 is 0.559 bits per heavy atom. The van der Waals surface area contributed by atoms with Gasteiger partial charge in [-0.25, -0.2) is 0 Å². The number of Topliss-reactive ketones (excluding diaryl/α,β-unsaturated/α-hetero) is 3. The standard InChI is InChI=1S/3C15H23NO2.C9H21N3.2Fe/c3*1-14(2,3)11-7-10(9-16-18)13(17)12(8-11)15(4,5)6;1-10-4-6-11(2)8-9-12(3)7-5-10;;/h3*7-9,16,18H,1-6H3;4-9H2,1-3H3;;/q;;;;;+3. The van der Waals surface area contributed by atoms with E-state index in [1.165, 1.54) is 57.9 Å². The van der Waals surface area contributed by atoms with Gasteiger partial charge in [0, 0.05) is 108 Å². The number of carbonyl (C=O) groups excluding carboxylic acids is 3. The molecular weight excluding hydrogens is 940 g/mol. The van der Waals surface area contributed by atoms with Gasteiger partial charge < -0.3 is 14.7 Å². The van der Waals surface area contributed by atoms with Crippen LogP contribution in [0.3, 0.4) is 0 Å². The SMILES string of the molecule is CC(C)(C)C1=CC(=CNO)C(=O)C(C(C)(C)C)=C1.CC(C)(C)C1=CC(=CNO)C(=O)C(C(C)(C)C)=C1.CC(C)(C)C1=CC(=CNO)C(=O)C(C(C)(C)C)=C1.CN1CCN(C)CCN(C)CC1.[Fe+3].[Fe]. The molecule has 4 rings (SSSR count). The number of nitrogens with one attached hydrogen (secondary N) is 3. The van der Waals surface area contributed by atoms with Crippen molar-refractivity contribution in [1.29, 1.82) is 0 Å². The van der Waals surface area contributed by atoms with Crippen molar-refractivity contribution in [2.24, 2.45) is 32.5 Å². The third-order valence-electron chi connectivity index (χ3n) is 11.6. The van der Waals surface area contributed by atoms with Crippen molar-refractivity contribution in [2.45, 2.75) is 125 Å². The summed E-state index contributed by atoms with van der Waals surface area (Å²) in [6, 6.07) is 0. The molecule has 0 aromatic carbocycles. The predicted molar refractivity (Wildman–Crippen MR) is 272 cm³/mol. The fraction of sp³-hybridized carbons (Fsp3) is 0.611. The molecule has 0 saturated carbocycles. The minimum absolute atomic E-state index is 0. The van der Waals surface area contributed by atoms with Crippen LogP contribution in [0.4, 0.5) is 0 Å². The van der Waals surface area contributed by atoms with E-state index in [4.69, 9.17) is 15.6 Å². The molecule has 1 saturated heterocycles. The largest absolute Gasteiger partial charge is 3.00 e. The Labute approximate surface area is 433 Å². The molecule has 1 radical (unpaired) electrons. The Morgan fingerprint density at radius 3 is 0.691 bits per heavy atom. The number of carbonyl (C=O) groups is 3.